The molecule has 2 heterocycles. The van der Waals surface area contributed by atoms with Gasteiger partial charge < -0.3 is 4.90 Å². The average molecular weight is 281 g/mol. The van der Waals surface area contributed by atoms with Gasteiger partial charge in [-0.2, -0.15) is 0 Å². The fourth-order valence-corrected chi connectivity index (χ4v) is 3.83. The minimum absolute atomic E-state index is 0.785. The summed E-state index contributed by atoms with van der Waals surface area (Å²) in [6.45, 7) is 1.21. The molecule has 2 atom stereocenters. The maximum atomic E-state index is 4.15. The van der Waals surface area contributed by atoms with Crippen LogP contribution in [-0.4, -0.2) is 17.6 Å². The molecule has 2 unspecified atom stereocenters. The van der Waals surface area contributed by atoms with Crippen LogP contribution in [0, 0.1) is 5.92 Å². The second-order valence-electron chi connectivity index (χ2n) is 4.92. The van der Waals surface area contributed by atoms with Crippen molar-refractivity contribution in [2.75, 3.05) is 11.4 Å². The highest BCUT2D eigenvalue weighted by Gasteiger charge is 2.35. The summed E-state index contributed by atoms with van der Waals surface area (Å²) in [6.07, 6.45) is 10.8. The monoisotopic (exact) mass is 280 g/mol. The first-order valence-corrected chi connectivity index (χ1v) is 7.02. The fourth-order valence-electron chi connectivity index (χ4n) is 3.35. The van der Waals surface area contributed by atoms with Crippen LogP contribution in [0.15, 0.2) is 22.9 Å². The first-order chi connectivity index (χ1) is 7.86. The number of hydrogen-bond acceptors (Lipinski definition) is 2. The summed E-state index contributed by atoms with van der Waals surface area (Å²) in [6, 6.07) is 2.93. The Morgan fingerprint density at radius 1 is 1.25 bits per heavy atom. The van der Waals surface area contributed by atoms with Gasteiger partial charge in [0, 0.05) is 25.0 Å². The molecule has 1 saturated heterocycles. The maximum Gasteiger partial charge on any atom is 0.0592 e. The van der Waals surface area contributed by atoms with Gasteiger partial charge in [0.1, 0.15) is 0 Å². The average Bonchev–Trinajstić information content (AvgIpc) is 2.77. The molecule has 1 aliphatic carbocycles. The van der Waals surface area contributed by atoms with Gasteiger partial charge in [-0.15, -0.1) is 0 Å². The van der Waals surface area contributed by atoms with E-state index in [4.69, 9.17) is 0 Å². The first kappa shape index (κ1) is 10.6. The molecule has 0 aromatic carbocycles. The molecule has 2 fully saturated rings. The number of halogens is 1. The molecule has 3 rings (SSSR count). The Balaban J connectivity index is 1.91. The van der Waals surface area contributed by atoms with Crippen molar-refractivity contribution in [1.29, 1.82) is 0 Å². The van der Waals surface area contributed by atoms with Crippen LogP contribution in [-0.2, 0) is 0 Å². The lowest BCUT2D eigenvalue weighted by Gasteiger charge is -2.39. The Bertz CT molecular complexity index is 380. The number of piperidine rings is 1. The topological polar surface area (TPSA) is 16.1 Å². The molecule has 1 aromatic rings. The molecule has 0 radical (unpaired) electrons. The minimum atomic E-state index is 0.785. The highest BCUT2D eigenvalue weighted by Crippen LogP contribution is 2.40. The van der Waals surface area contributed by atoms with Crippen LogP contribution in [0.2, 0.25) is 0 Å². The van der Waals surface area contributed by atoms with Crippen LogP contribution < -0.4 is 4.90 Å². The normalized spacial score (nSPS) is 29.2. The molecule has 2 nitrogen and oxygen atoms in total. The van der Waals surface area contributed by atoms with Gasteiger partial charge in [0.15, 0.2) is 0 Å². The van der Waals surface area contributed by atoms with Crippen molar-refractivity contribution in [2.45, 2.75) is 38.1 Å². The van der Waals surface area contributed by atoms with E-state index in [1.54, 1.807) is 0 Å². The van der Waals surface area contributed by atoms with E-state index in [0.717, 1.165) is 16.4 Å². The second-order valence-corrected chi connectivity index (χ2v) is 5.78. The molecule has 1 aromatic heterocycles. The number of fused-ring (bicyclic) bond motifs is 1. The summed E-state index contributed by atoms with van der Waals surface area (Å²) in [5.41, 5.74) is 1.34. The van der Waals surface area contributed by atoms with E-state index in [0.29, 0.717) is 0 Å². The summed E-state index contributed by atoms with van der Waals surface area (Å²) >= 11 is 3.62. The third kappa shape index (κ3) is 1.75. The molecule has 3 heteroatoms. The molecule has 1 saturated carbocycles. The lowest BCUT2D eigenvalue weighted by atomic mass is 9.91. The largest absolute Gasteiger partial charge is 0.367 e. The number of hydrogen-bond donors (Lipinski definition) is 0. The van der Waals surface area contributed by atoms with Crippen molar-refractivity contribution in [3.63, 3.8) is 0 Å². The summed E-state index contributed by atoms with van der Waals surface area (Å²) < 4.78 is 1.14. The lowest BCUT2D eigenvalue weighted by molar-refractivity contribution is 0.362. The third-order valence-electron chi connectivity index (χ3n) is 4.05. The molecule has 86 valence electrons. The molecule has 16 heavy (non-hydrogen) atoms. The van der Waals surface area contributed by atoms with Crippen LogP contribution in [0.4, 0.5) is 5.69 Å². The van der Waals surface area contributed by atoms with E-state index in [-0.39, 0.29) is 0 Å². The van der Waals surface area contributed by atoms with Crippen LogP contribution in [0.3, 0.4) is 0 Å². The molecular weight excluding hydrogens is 264 g/mol. The summed E-state index contributed by atoms with van der Waals surface area (Å²) in [5.74, 6) is 0.939. The van der Waals surface area contributed by atoms with E-state index in [9.17, 15) is 0 Å². The zero-order valence-corrected chi connectivity index (χ0v) is 11.0. The van der Waals surface area contributed by atoms with Crippen LogP contribution in [0.1, 0.15) is 32.1 Å². The van der Waals surface area contributed by atoms with Crippen molar-refractivity contribution < 1.29 is 0 Å². The quantitative estimate of drug-likeness (QED) is 0.781. The molecule has 1 aliphatic heterocycles. The van der Waals surface area contributed by atoms with Crippen LogP contribution in [0.5, 0.6) is 0 Å². The van der Waals surface area contributed by atoms with Gasteiger partial charge in [0.25, 0.3) is 0 Å². The number of pyridine rings is 1. The highest BCUT2D eigenvalue weighted by molar-refractivity contribution is 9.10. The Kier molecular flexibility index (Phi) is 2.88. The van der Waals surface area contributed by atoms with Crippen LogP contribution >= 0.6 is 15.9 Å². The minimum Gasteiger partial charge on any atom is -0.367 e. The van der Waals surface area contributed by atoms with Crippen molar-refractivity contribution in [2.24, 2.45) is 5.92 Å². The fraction of sp³-hybridized carbons (Fsp3) is 0.615. The molecule has 2 aliphatic rings. The number of aromatic nitrogens is 1. The first-order valence-electron chi connectivity index (χ1n) is 6.22. The van der Waals surface area contributed by atoms with Gasteiger partial charge in [0.2, 0.25) is 0 Å². The second kappa shape index (κ2) is 4.36. The van der Waals surface area contributed by atoms with E-state index >= 15 is 0 Å². The van der Waals surface area contributed by atoms with Gasteiger partial charge in [-0.25, -0.2) is 0 Å². The molecule has 0 N–H and O–H groups in total. The van der Waals surface area contributed by atoms with E-state index in [1.165, 1.54) is 44.3 Å². The van der Waals surface area contributed by atoms with E-state index in [2.05, 4.69) is 31.9 Å². The predicted octanol–water partition coefficient (Wildman–Crippen LogP) is 3.61. The maximum absolute atomic E-state index is 4.15. The molecule has 0 spiro atoms. The van der Waals surface area contributed by atoms with Gasteiger partial charge >= 0.3 is 0 Å². The Morgan fingerprint density at radius 2 is 2.12 bits per heavy atom. The predicted molar refractivity (Wildman–Crippen MR) is 69.6 cm³/mol. The summed E-state index contributed by atoms with van der Waals surface area (Å²) in [4.78, 5) is 6.76. The standard InChI is InChI=1S/C13H17BrN2/c14-11-9-15-7-6-13(11)16-8-2-4-10-3-1-5-12(10)16/h6-7,9-10,12H,1-5,8H2. The lowest BCUT2D eigenvalue weighted by Crippen LogP contribution is -2.42. The zero-order valence-electron chi connectivity index (χ0n) is 9.40. The smallest absolute Gasteiger partial charge is 0.0592 e. The molecule has 0 amide bonds. The SMILES string of the molecule is Brc1cnccc1N1CCCC2CCCC21. The zero-order chi connectivity index (χ0) is 11.0. The number of rotatable bonds is 1. The Hall–Kier alpha value is -0.570. The van der Waals surface area contributed by atoms with Gasteiger partial charge in [-0.3, -0.25) is 4.98 Å². The molecule has 0 bridgehead atoms. The summed E-state index contributed by atoms with van der Waals surface area (Å²) in [5, 5.41) is 0. The van der Waals surface area contributed by atoms with Gasteiger partial charge in [-0.05, 0) is 53.6 Å². The van der Waals surface area contributed by atoms with E-state index in [1.807, 2.05) is 12.4 Å². The van der Waals surface area contributed by atoms with Gasteiger partial charge in [-0.1, -0.05) is 6.42 Å². The van der Waals surface area contributed by atoms with Crippen molar-refractivity contribution >= 4 is 21.6 Å². The number of anilines is 1. The Morgan fingerprint density at radius 3 is 3.00 bits per heavy atom. The third-order valence-corrected chi connectivity index (χ3v) is 4.66. The Labute approximate surface area is 105 Å². The summed E-state index contributed by atoms with van der Waals surface area (Å²) in [7, 11) is 0. The highest BCUT2D eigenvalue weighted by atomic mass is 79.9. The van der Waals surface area contributed by atoms with Gasteiger partial charge in [0.05, 0.1) is 10.2 Å². The van der Waals surface area contributed by atoms with E-state index < -0.39 is 0 Å². The van der Waals surface area contributed by atoms with Crippen molar-refractivity contribution in [3.8, 4) is 0 Å². The van der Waals surface area contributed by atoms with Crippen molar-refractivity contribution in [3.05, 3.63) is 22.9 Å². The van der Waals surface area contributed by atoms with Crippen molar-refractivity contribution in [1.82, 2.24) is 4.98 Å². The number of nitrogens with zero attached hydrogens (tertiary/aromatic N) is 2. The molecular formula is C13H17BrN2. The van der Waals surface area contributed by atoms with Crippen LogP contribution in [0.25, 0.3) is 0 Å².